The van der Waals surface area contributed by atoms with Crippen LogP contribution < -0.4 is 9.64 Å². The van der Waals surface area contributed by atoms with Gasteiger partial charge in [0.15, 0.2) is 11.5 Å². The number of hydrogen-bond acceptors (Lipinski definition) is 5. The van der Waals surface area contributed by atoms with Crippen molar-refractivity contribution in [3.05, 3.63) is 101 Å². The van der Waals surface area contributed by atoms with Crippen molar-refractivity contribution in [3.63, 3.8) is 0 Å². The number of ether oxygens (including phenoxy) is 2. The van der Waals surface area contributed by atoms with Crippen molar-refractivity contribution in [3.8, 4) is 5.75 Å². The summed E-state index contributed by atoms with van der Waals surface area (Å²) in [5.41, 5.74) is 4.17. The van der Waals surface area contributed by atoms with Gasteiger partial charge in [-0.1, -0.05) is 54.1 Å². The van der Waals surface area contributed by atoms with Gasteiger partial charge in [0, 0.05) is 18.7 Å². The Morgan fingerprint density at radius 2 is 1.85 bits per heavy atom. The monoisotopic (exact) mass is 524 g/mol. The fourth-order valence-corrected chi connectivity index (χ4v) is 5.08. The van der Waals surface area contributed by atoms with Crippen molar-refractivity contribution in [2.45, 2.75) is 33.2 Å². The fraction of sp³-hybridized carbons (Fsp3) is 0.281. The van der Waals surface area contributed by atoms with E-state index < -0.39 is 0 Å². The second-order valence-corrected chi connectivity index (χ2v) is 9.92. The van der Waals surface area contributed by atoms with Crippen LogP contribution in [0.3, 0.4) is 0 Å². The van der Waals surface area contributed by atoms with E-state index in [0.717, 1.165) is 35.2 Å². The molecule has 2 aliphatic heterocycles. The molecule has 1 atom stereocenters. The number of benzene rings is 3. The average Bonchev–Trinajstić information content (AvgIpc) is 2.95. The lowest BCUT2D eigenvalue weighted by atomic mass is 9.97. The highest BCUT2D eigenvalue weighted by Gasteiger charge is 2.31. The van der Waals surface area contributed by atoms with E-state index in [1.165, 1.54) is 0 Å². The van der Waals surface area contributed by atoms with Crippen LogP contribution in [0.25, 0.3) is 6.08 Å². The highest BCUT2D eigenvalue weighted by atomic mass is 16.5. The summed E-state index contributed by atoms with van der Waals surface area (Å²) in [4.78, 5) is 42.3. The predicted octanol–water partition coefficient (Wildman–Crippen LogP) is 5.38. The number of anilines is 1. The zero-order chi connectivity index (χ0) is 27.4. The lowest BCUT2D eigenvalue weighted by Gasteiger charge is -2.31. The summed E-state index contributed by atoms with van der Waals surface area (Å²) < 4.78 is 11.2. The van der Waals surface area contributed by atoms with Gasteiger partial charge in [0.1, 0.15) is 0 Å². The van der Waals surface area contributed by atoms with Gasteiger partial charge in [0.2, 0.25) is 0 Å². The molecule has 39 heavy (non-hydrogen) atoms. The maximum absolute atomic E-state index is 13.5. The number of esters is 1. The lowest BCUT2D eigenvalue weighted by Crippen LogP contribution is -2.42. The predicted molar refractivity (Wildman–Crippen MR) is 149 cm³/mol. The number of nitrogens with zero attached hydrogens (tertiary/aromatic N) is 2. The average molecular weight is 525 g/mol. The maximum Gasteiger partial charge on any atom is 0.310 e. The Kier molecular flexibility index (Phi) is 7.77. The van der Waals surface area contributed by atoms with Crippen LogP contribution in [-0.4, -0.2) is 42.4 Å². The molecule has 5 rings (SSSR count). The molecule has 3 aromatic rings. The molecular formula is C32H32N2O5. The maximum atomic E-state index is 13.5. The minimum atomic E-state index is -0.285. The van der Waals surface area contributed by atoms with E-state index in [0.29, 0.717) is 37.6 Å². The summed E-state index contributed by atoms with van der Waals surface area (Å²) in [5.74, 6) is -0.0446. The van der Waals surface area contributed by atoms with Crippen LogP contribution in [0.2, 0.25) is 0 Å². The quantitative estimate of drug-likeness (QED) is 0.320. The summed E-state index contributed by atoms with van der Waals surface area (Å²) in [6.45, 7) is 5.55. The molecule has 1 saturated heterocycles. The number of carbonyl (C=O) groups excluding carboxylic acids is 3. The van der Waals surface area contributed by atoms with E-state index in [-0.39, 0.29) is 29.5 Å². The van der Waals surface area contributed by atoms with Crippen molar-refractivity contribution < 1.29 is 23.9 Å². The second kappa shape index (κ2) is 11.6. The van der Waals surface area contributed by atoms with Gasteiger partial charge in [-0.3, -0.25) is 19.3 Å². The summed E-state index contributed by atoms with van der Waals surface area (Å²) >= 11 is 0. The highest BCUT2D eigenvalue weighted by molar-refractivity contribution is 6.09. The molecule has 0 bridgehead atoms. The largest absolute Gasteiger partial charge is 0.466 e. The summed E-state index contributed by atoms with van der Waals surface area (Å²) in [6.07, 6.45) is 3.19. The smallest absolute Gasteiger partial charge is 0.310 e. The third kappa shape index (κ3) is 5.87. The standard InChI is InChI=1S/C32H32N2O5/c1-3-38-32(37)26-10-7-17-33(21-26)30(35)25-15-13-23(14-16-25)19-29-31(36)34(20-24-9-6-8-22(2)18-24)27-11-4-5-12-28(27)39-29/h4-6,8-9,11-16,18-19,26H,3,7,10,17,20-21H2,1-2H3/b29-19+/t26-/m0/s1. The fourth-order valence-electron chi connectivity index (χ4n) is 5.08. The zero-order valence-electron chi connectivity index (χ0n) is 22.3. The number of amides is 2. The Bertz CT molecular complexity index is 1410. The van der Waals surface area contributed by atoms with Gasteiger partial charge in [0.05, 0.1) is 24.8 Å². The normalized spacial score (nSPS) is 17.9. The van der Waals surface area contributed by atoms with E-state index in [9.17, 15) is 14.4 Å². The number of aryl methyl sites for hydroxylation is 1. The topological polar surface area (TPSA) is 76.2 Å². The van der Waals surface area contributed by atoms with Crippen LogP contribution in [0.15, 0.2) is 78.6 Å². The Labute approximate surface area is 228 Å². The SMILES string of the molecule is CCOC(=O)[C@H]1CCCN(C(=O)c2ccc(/C=C3/Oc4ccccc4N(Cc4cccc(C)c4)C3=O)cc2)C1. The first-order chi connectivity index (χ1) is 18.9. The number of rotatable bonds is 6. The molecule has 0 aliphatic carbocycles. The molecular weight excluding hydrogens is 492 g/mol. The van der Waals surface area contributed by atoms with Gasteiger partial charge in [-0.25, -0.2) is 0 Å². The molecule has 0 unspecified atom stereocenters. The van der Waals surface area contributed by atoms with Crippen LogP contribution in [0.5, 0.6) is 5.75 Å². The first-order valence-electron chi connectivity index (χ1n) is 13.3. The Morgan fingerprint density at radius 3 is 2.62 bits per heavy atom. The number of piperidine rings is 1. The highest BCUT2D eigenvalue weighted by Crippen LogP contribution is 2.36. The minimum absolute atomic E-state index is 0.119. The van der Waals surface area contributed by atoms with E-state index >= 15 is 0 Å². The van der Waals surface area contributed by atoms with E-state index in [4.69, 9.17) is 9.47 Å². The molecule has 3 aromatic carbocycles. The second-order valence-electron chi connectivity index (χ2n) is 9.92. The number of para-hydroxylation sites is 2. The van der Waals surface area contributed by atoms with E-state index in [1.54, 1.807) is 47.1 Å². The summed E-state index contributed by atoms with van der Waals surface area (Å²) in [6, 6.07) is 22.7. The first-order valence-corrected chi connectivity index (χ1v) is 13.3. The van der Waals surface area contributed by atoms with Gasteiger partial charge in [-0.05, 0) is 68.2 Å². The Morgan fingerprint density at radius 1 is 1.05 bits per heavy atom. The van der Waals surface area contributed by atoms with Crippen molar-refractivity contribution in [2.75, 3.05) is 24.6 Å². The first kappa shape index (κ1) is 26.2. The Hall–Kier alpha value is -4.39. The van der Waals surface area contributed by atoms with Crippen molar-refractivity contribution in [1.82, 2.24) is 4.90 Å². The molecule has 0 aromatic heterocycles. The van der Waals surface area contributed by atoms with Crippen molar-refractivity contribution in [1.29, 1.82) is 0 Å². The minimum Gasteiger partial charge on any atom is -0.466 e. The molecule has 0 N–H and O–H groups in total. The van der Waals surface area contributed by atoms with Crippen LogP contribution in [0.4, 0.5) is 5.69 Å². The number of likely N-dealkylation sites (tertiary alicyclic amines) is 1. The van der Waals surface area contributed by atoms with Crippen LogP contribution in [0.1, 0.15) is 46.8 Å². The van der Waals surface area contributed by atoms with Gasteiger partial charge < -0.3 is 14.4 Å². The van der Waals surface area contributed by atoms with E-state index in [1.807, 2.05) is 49.4 Å². The van der Waals surface area contributed by atoms with Gasteiger partial charge in [0.25, 0.3) is 11.8 Å². The third-order valence-corrected chi connectivity index (χ3v) is 7.04. The molecule has 2 amide bonds. The van der Waals surface area contributed by atoms with Crippen molar-refractivity contribution >= 4 is 29.5 Å². The number of hydrogen-bond donors (Lipinski definition) is 0. The van der Waals surface area contributed by atoms with Gasteiger partial charge in [-0.15, -0.1) is 0 Å². The lowest BCUT2D eigenvalue weighted by molar-refractivity contribution is -0.149. The van der Waals surface area contributed by atoms with Gasteiger partial charge in [-0.2, -0.15) is 0 Å². The third-order valence-electron chi connectivity index (χ3n) is 7.04. The summed E-state index contributed by atoms with van der Waals surface area (Å²) in [7, 11) is 0. The molecule has 2 aliphatic rings. The molecule has 0 saturated carbocycles. The molecule has 7 nitrogen and oxygen atoms in total. The van der Waals surface area contributed by atoms with Crippen LogP contribution in [-0.2, 0) is 20.9 Å². The van der Waals surface area contributed by atoms with Gasteiger partial charge >= 0.3 is 5.97 Å². The molecule has 2 heterocycles. The van der Waals surface area contributed by atoms with Crippen molar-refractivity contribution in [2.24, 2.45) is 5.92 Å². The molecule has 0 spiro atoms. The summed E-state index contributed by atoms with van der Waals surface area (Å²) in [5, 5.41) is 0. The molecule has 1 fully saturated rings. The van der Waals surface area contributed by atoms with Crippen LogP contribution >= 0.6 is 0 Å². The number of carbonyl (C=O) groups is 3. The number of fused-ring (bicyclic) bond motifs is 1. The molecule has 0 radical (unpaired) electrons. The molecule has 200 valence electrons. The zero-order valence-corrected chi connectivity index (χ0v) is 22.3. The van der Waals surface area contributed by atoms with E-state index in [2.05, 4.69) is 6.07 Å². The van der Waals surface area contributed by atoms with Crippen LogP contribution in [0, 0.1) is 12.8 Å². The molecule has 7 heteroatoms. The Balaban J connectivity index is 1.34.